The average molecular weight is 415 g/mol. The molecule has 0 spiro atoms. The molecule has 148 valence electrons. The van der Waals surface area contributed by atoms with Crippen LogP contribution in [0.5, 0.6) is 0 Å². The summed E-state index contributed by atoms with van der Waals surface area (Å²) in [6.45, 7) is 8.49. The van der Waals surface area contributed by atoms with Crippen molar-refractivity contribution in [3.63, 3.8) is 0 Å². The lowest BCUT2D eigenvalue weighted by Gasteiger charge is -2.30. The zero-order valence-electron chi connectivity index (χ0n) is 15.8. The summed E-state index contributed by atoms with van der Waals surface area (Å²) in [5.41, 5.74) is 4.36. The molecule has 0 aliphatic carbocycles. The molecule has 0 bridgehead atoms. The van der Waals surface area contributed by atoms with Crippen LogP contribution in [0.1, 0.15) is 27.7 Å². The van der Waals surface area contributed by atoms with Gasteiger partial charge >= 0.3 is 5.69 Å². The average Bonchev–Trinajstić information content (AvgIpc) is 2.52. The van der Waals surface area contributed by atoms with Gasteiger partial charge in [0.25, 0.3) is 5.56 Å². The molecule has 1 heterocycles. The second-order valence-electron chi connectivity index (χ2n) is 7.00. The van der Waals surface area contributed by atoms with Crippen molar-refractivity contribution < 1.29 is 4.79 Å². The van der Waals surface area contributed by atoms with E-state index in [4.69, 9.17) is 28.9 Å². The van der Waals surface area contributed by atoms with Crippen LogP contribution in [0.15, 0.2) is 21.7 Å². The molecule has 9 heteroatoms. The molecule has 1 amide bonds. The third-order valence-electron chi connectivity index (χ3n) is 4.47. The number of primary amides is 1. The van der Waals surface area contributed by atoms with Crippen molar-refractivity contribution in [3.05, 3.63) is 43.0 Å². The predicted molar refractivity (Wildman–Crippen MR) is 109 cm³/mol. The fraction of sp³-hybridized carbons (Fsp3) is 0.500. The first-order valence-corrected chi connectivity index (χ1v) is 9.46. The van der Waals surface area contributed by atoms with Crippen LogP contribution in [0, 0.1) is 0 Å². The number of halogens is 2. The maximum Gasteiger partial charge on any atom is 0.332 e. The Morgan fingerprint density at radius 1 is 1.11 bits per heavy atom. The second kappa shape index (κ2) is 8.46. The molecule has 2 aromatic rings. The van der Waals surface area contributed by atoms with Gasteiger partial charge in [-0.05, 0) is 39.8 Å². The van der Waals surface area contributed by atoms with Crippen LogP contribution in [-0.4, -0.2) is 38.6 Å². The molecule has 0 aliphatic rings. The molecule has 0 fully saturated rings. The molecule has 7 nitrogen and oxygen atoms in total. The minimum absolute atomic E-state index is 0.124. The number of carbonyl (C=O) groups excluding carboxylic acids is 1. The predicted octanol–water partition coefficient (Wildman–Crippen LogP) is 2.07. The molecule has 0 atom stereocenters. The molecule has 0 unspecified atom stereocenters. The van der Waals surface area contributed by atoms with Gasteiger partial charge in [-0.15, -0.1) is 0 Å². The summed E-state index contributed by atoms with van der Waals surface area (Å²) >= 11 is 12.2. The van der Waals surface area contributed by atoms with Crippen molar-refractivity contribution in [1.29, 1.82) is 0 Å². The zero-order chi connectivity index (χ0) is 20.5. The van der Waals surface area contributed by atoms with Crippen LogP contribution in [0.4, 0.5) is 0 Å². The highest BCUT2D eigenvalue weighted by Crippen LogP contribution is 2.24. The molecule has 1 aromatic carbocycles. The fourth-order valence-corrected chi connectivity index (χ4v) is 3.85. The number of aromatic nitrogens is 2. The van der Waals surface area contributed by atoms with Gasteiger partial charge in [-0.2, -0.15) is 0 Å². The van der Waals surface area contributed by atoms with Crippen LogP contribution in [0.2, 0.25) is 10.0 Å². The maximum absolute atomic E-state index is 13.0. The smallest absolute Gasteiger partial charge is 0.332 e. The van der Waals surface area contributed by atoms with Crippen LogP contribution in [-0.2, 0) is 17.9 Å². The first kappa shape index (κ1) is 21.5. The van der Waals surface area contributed by atoms with E-state index in [1.807, 2.05) is 27.7 Å². The molecule has 27 heavy (non-hydrogen) atoms. The van der Waals surface area contributed by atoms with E-state index >= 15 is 0 Å². The Labute approximate surface area is 167 Å². The summed E-state index contributed by atoms with van der Waals surface area (Å²) in [6.07, 6.45) is 0. The Bertz CT molecular complexity index is 971. The highest BCUT2D eigenvalue weighted by Gasteiger charge is 2.19. The Kier molecular flexibility index (Phi) is 6.72. The number of rotatable bonds is 7. The normalized spacial score (nSPS) is 11.9. The quantitative estimate of drug-likeness (QED) is 0.750. The molecule has 2 rings (SSSR count). The summed E-state index contributed by atoms with van der Waals surface area (Å²) in [7, 11) is 0. The van der Waals surface area contributed by atoms with Crippen LogP contribution in [0.25, 0.3) is 10.9 Å². The number of fused-ring (bicyclic) bond motifs is 1. The zero-order valence-corrected chi connectivity index (χ0v) is 17.3. The van der Waals surface area contributed by atoms with Crippen LogP contribution in [0.3, 0.4) is 0 Å². The summed E-state index contributed by atoms with van der Waals surface area (Å²) < 4.78 is 2.24. The minimum atomic E-state index is -0.703. The highest BCUT2D eigenvalue weighted by atomic mass is 35.5. The lowest BCUT2D eigenvalue weighted by Crippen LogP contribution is -2.46. The second-order valence-corrected chi connectivity index (χ2v) is 7.84. The largest absolute Gasteiger partial charge is 0.368 e. The number of nitrogens with zero attached hydrogens (tertiary/aromatic N) is 3. The molecule has 0 saturated heterocycles. The van der Waals surface area contributed by atoms with Gasteiger partial charge in [0, 0.05) is 30.2 Å². The third-order valence-corrected chi connectivity index (χ3v) is 4.98. The van der Waals surface area contributed by atoms with Crippen LogP contribution < -0.4 is 17.0 Å². The number of carbonyl (C=O) groups is 1. The first-order chi connectivity index (χ1) is 12.5. The van der Waals surface area contributed by atoms with Crippen LogP contribution >= 0.6 is 23.2 Å². The van der Waals surface area contributed by atoms with Crippen molar-refractivity contribution in [2.75, 3.05) is 6.54 Å². The van der Waals surface area contributed by atoms with E-state index in [1.54, 1.807) is 0 Å². The first-order valence-electron chi connectivity index (χ1n) is 8.71. The van der Waals surface area contributed by atoms with E-state index in [9.17, 15) is 14.4 Å². The number of nitrogens with two attached hydrogens (primary N) is 1. The number of hydrogen-bond donors (Lipinski definition) is 1. The van der Waals surface area contributed by atoms with E-state index in [1.165, 1.54) is 12.1 Å². The van der Waals surface area contributed by atoms with Crippen molar-refractivity contribution in [2.24, 2.45) is 5.73 Å². The maximum atomic E-state index is 13.0. The highest BCUT2D eigenvalue weighted by molar-refractivity contribution is 6.38. The molecule has 0 radical (unpaired) electrons. The number of hydrogen-bond acceptors (Lipinski definition) is 4. The van der Waals surface area contributed by atoms with E-state index in [2.05, 4.69) is 4.90 Å². The van der Waals surface area contributed by atoms with Crippen molar-refractivity contribution in [3.8, 4) is 0 Å². The molecule has 1 aromatic heterocycles. The van der Waals surface area contributed by atoms with Crippen molar-refractivity contribution in [1.82, 2.24) is 14.0 Å². The third kappa shape index (κ3) is 4.54. The molecular weight excluding hydrogens is 391 g/mol. The minimum Gasteiger partial charge on any atom is -0.368 e. The van der Waals surface area contributed by atoms with Gasteiger partial charge in [0.15, 0.2) is 0 Å². The Morgan fingerprint density at radius 3 is 2.22 bits per heavy atom. The fourth-order valence-electron chi connectivity index (χ4n) is 3.29. The van der Waals surface area contributed by atoms with Gasteiger partial charge in [0.2, 0.25) is 5.91 Å². The molecule has 2 N–H and O–H groups in total. The van der Waals surface area contributed by atoms with Gasteiger partial charge in [-0.3, -0.25) is 23.6 Å². The monoisotopic (exact) mass is 414 g/mol. The molecule has 0 saturated carbocycles. The number of benzene rings is 1. The van der Waals surface area contributed by atoms with E-state index in [0.717, 1.165) is 9.13 Å². The van der Waals surface area contributed by atoms with E-state index < -0.39 is 17.2 Å². The van der Waals surface area contributed by atoms with Crippen molar-refractivity contribution in [2.45, 2.75) is 52.9 Å². The lowest BCUT2D eigenvalue weighted by molar-refractivity contribution is -0.118. The molecule has 0 aliphatic heterocycles. The van der Waals surface area contributed by atoms with Gasteiger partial charge in [-0.1, -0.05) is 23.2 Å². The number of amides is 1. The lowest BCUT2D eigenvalue weighted by atomic mass is 10.2. The topological polar surface area (TPSA) is 90.3 Å². The van der Waals surface area contributed by atoms with E-state index in [0.29, 0.717) is 6.54 Å². The van der Waals surface area contributed by atoms with E-state index in [-0.39, 0.29) is 46.1 Å². The Balaban J connectivity index is 2.68. The van der Waals surface area contributed by atoms with Gasteiger partial charge in [0.05, 0.1) is 15.9 Å². The van der Waals surface area contributed by atoms with Crippen molar-refractivity contribution >= 4 is 40.0 Å². The summed E-state index contributed by atoms with van der Waals surface area (Å²) in [4.78, 5) is 39.5. The van der Waals surface area contributed by atoms with Gasteiger partial charge in [0.1, 0.15) is 6.54 Å². The summed E-state index contributed by atoms with van der Waals surface area (Å²) in [6, 6.07) is 3.37. The SMILES string of the molecule is CC(C)N(CCn1c(=O)c2c(Cl)cc(Cl)cc2n(CC(N)=O)c1=O)C(C)C. The summed E-state index contributed by atoms with van der Waals surface area (Å²) in [5.74, 6) is -0.703. The Hall–Kier alpha value is -1.83. The van der Waals surface area contributed by atoms with Gasteiger partial charge in [-0.25, -0.2) is 4.79 Å². The standard InChI is InChI=1S/C18H24Cl2N4O3/c1-10(2)22(11(3)4)5-6-23-17(26)16-13(20)7-12(19)8-14(16)24(18(23)27)9-15(21)25/h7-8,10-11H,5-6,9H2,1-4H3,(H2,21,25). The molecular formula is C18H24Cl2N4O3. The Morgan fingerprint density at radius 2 is 1.70 bits per heavy atom. The van der Waals surface area contributed by atoms with Gasteiger partial charge < -0.3 is 5.73 Å². The summed E-state index contributed by atoms with van der Waals surface area (Å²) in [5, 5.41) is 0.523.